The maximum Gasteiger partial charge on any atom is 0.416 e. The van der Waals surface area contributed by atoms with Crippen molar-refractivity contribution in [2.24, 2.45) is 0 Å². The predicted octanol–water partition coefficient (Wildman–Crippen LogP) is 4.33. The van der Waals surface area contributed by atoms with E-state index in [1.165, 1.54) is 6.08 Å². The average Bonchev–Trinajstić information content (AvgIpc) is 2.96. The Balaban J connectivity index is 1.24. The molecule has 2 saturated heterocycles. The summed E-state index contributed by atoms with van der Waals surface area (Å²) >= 11 is 0. The molecule has 2 aliphatic rings. The normalized spacial score (nSPS) is 19.5. The summed E-state index contributed by atoms with van der Waals surface area (Å²) < 4.78 is 49.1. The molecule has 2 N–H and O–H groups in total. The number of amides is 1. The van der Waals surface area contributed by atoms with E-state index in [1.807, 2.05) is 6.07 Å². The molecule has 2 aliphatic heterocycles. The van der Waals surface area contributed by atoms with Crippen LogP contribution in [0.5, 0.6) is 11.5 Å². The van der Waals surface area contributed by atoms with Gasteiger partial charge in [0.2, 0.25) is 5.91 Å². The first-order chi connectivity index (χ1) is 19.0. The van der Waals surface area contributed by atoms with Gasteiger partial charge >= 0.3 is 6.18 Å². The van der Waals surface area contributed by atoms with Crippen LogP contribution in [0.3, 0.4) is 0 Å². The Morgan fingerprint density at radius 3 is 2.23 bits per heavy atom. The van der Waals surface area contributed by atoms with Gasteiger partial charge < -0.3 is 29.5 Å². The van der Waals surface area contributed by atoms with Gasteiger partial charge in [-0.25, -0.2) is 0 Å². The van der Waals surface area contributed by atoms with Crippen molar-refractivity contribution < 1.29 is 37.7 Å². The Kier molecular flexibility index (Phi) is 9.43. The van der Waals surface area contributed by atoms with Gasteiger partial charge in [0.1, 0.15) is 0 Å². The number of β-amino-alcohol motifs (C(OH)–C–C–N with tert-alkyl or cyclic N) is 1. The number of piperidine rings is 2. The van der Waals surface area contributed by atoms with E-state index in [0.29, 0.717) is 44.2 Å². The van der Waals surface area contributed by atoms with Gasteiger partial charge in [0.15, 0.2) is 11.5 Å². The minimum atomic E-state index is -4.34. The van der Waals surface area contributed by atoms with Crippen LogP contribution < -0.4 is 9.47 Å². The molecular formula is C30H37F3N2O5. The molecule has 1 unspecified atom stereocenters. The van der Waals surface area contributed by atoms with Gasteiger partial charge in [-0.3, -0.25) is 4.79 Å². The third kappa shape index (κ3) is 7.16. The van der Waals surface area contributed by atoms with Crippen molar-refractivity contribution in [3.63, 3.8) is 0 Å². The highest BCUT2D eigenvalue weighted by Gasteiger charge is 2.40. The number of likely N-dealkylation sites (tertiary alicyclic amines) is 2. The van der Waals surface area contributed by atoms with Crippen molar-refractivity contribution in [2.75, 3.05) is 46.9 Å². The number of rotatable bonds is 8. The van der Waals surface area contributed by atoms with E-state index < -0.39 is 23.4 Å². The van der Waals surface area contributed by atoms with Crippen LogP contribution in [0.1, 0.15) is 48.3 Å². The summed E-state index contributed by atoms with van der Waals surface area (Å²) in [4.78, 5) is 16.5. The fourth-order valence-corrected chi connectivity index (χ4v) is 5.48. The van der Waals surface area contributed by atoms with Gasteiger partial charge in [0.05, 0.1) is 31.5 Å². The topological polar surface area (TPSA) is 82.5 Å². The number of alkyl halides is 3. The molecule has 0 spiro atoms. The molecule has 1 atom stereocenters. The molecule has 7 nitrogen and oxygen atoms in total. The third-order valence-corrected chi connectivity index (χ3v) is 8.12. The molecule has 10 heteroatoms. The van der Waals surface area contributed by atoms with Crippen LogP contribution in [0.25, 0.3) is 6.08 Å². The van der Waals surface area contributed by atoms with Crippen LogP contribution in [-0.4, -0.2) is 84.6 Å². The summed E-state index contributed by atoms with van der Waals surface area (Å²) in [6.07, 6.45) is -0.0366. The molecule has 0 bridgehead atoms. The number of hydrogen-bond acceptors (Lipinski definition) is 6. The Labute approximate surface area is 232 Å². The molecule has 2 aromatic carbocycles. The quantitative estimate of drug-likeness (QED) is 0.467. The molecule has 2 heterocycles. The highest BCUT2D eigenvalue weighted by molar-refractivity contribution is 5.92. The number of carbonyl (C=O) groups excluding carboxylic acids is 1. The maximum atomic E-state index is 12.8. The lowest BCUT2D eigenvalue weighted by Crippen LogP contribution is -2.56. The van der Waals surface area contributed by atoms with E-state index in [2.05, 4.69) is 4.90 Å². The Morgan fingerprint density at radius 1 is 1.02 bits per heavy atom. The van der Waals surface area contributed by atoms with Gasteiger partial charge in [-0.1, -0.05) is 18.2 Å². The lowest BCUT2D eigenvalue weighted by atomic mass is 9.84. The number of benzene rings is 2. The zero-order chi connectivity index (χ0) is 28.9. The van der Waals surface area contributed by atoms with E-state index >= 15 is 0 Å². The zero-order valence-corrected chi connectivity index (χ0v) is 22.9. The zero-order valence-electron chi connectivity index (χ0n) is 22.9. The largest absolute Gasteiger partial charge is 0.493 e. The van der Waals surface area contributed by atoms with Gasteiger partial charge in [0.25, 0.3) is 0 Å². The molecule has 0 radical (unpaired) electrons. The van der Waals surface area contributed by atoms with Crippen molar-refractivity contribution >= 4 is 12.0 Å². The molecule has 40 heavy (non-hydrogen) atoms. The number of halogens is 3. The molecule has 4 rings (SSSR count). The van der Waals surface area contributed by atoms with Gasteiger partial charge in [0, 0.05) is 25.7 Å². The first kappa shape index (κ1) is 29.9. The molecule has 0 saturated carbocycles. The molecule has 2 aromatic rings. The molecular weight excluding hydrogens is 525 g/mol. The maximum absolute atomic E-state index is 12.8. The summed E-state index contributed by atoms with van der Waals surface area (Å²) in [6.45, 7) is 2.34. The van der Waals surface area contributed by atoms with E-state index in [9.17, 15) is 28.2 Å². The molecule has 2 fully saturated rings. The summed E-state index contributed by atoms with van der Waals surface area (Å²) in [7, 11) is 3.10. The summed E-state index contributed by atoms with van der Waals surface area (Å²) in [5.74, 6) is 1.16. The van der Waals surface area contributed by atoms with Gasteiger partial charge in [-0.2, -0.15) is 13.2 Å². The second-order valence-corrected chi connectivity index (χ2v) is 10.6. The van der Waals surface area contributed by atoms with Crippen molar-refractivity contribution in [3.8, 4) is 11.5 Å². The third-order valence-electron chi connectivity index (χ3n) is 8.12. The van der Waals surface area contributed by atoms with Crippen molar-refractivity contribution in [2.45, 2.75) is 49.5 Å². The Morgan fingerprint density at radius 2 is 1.65 bits per heavy atom. The first-order valence-corrected chi connectivity index (χ1v) is 13.5. The second-order valence-electron chi connectivity index (χ2n) is 10.6. The highest BCUT2D eigenvalue weighted by atomic mass is 19.4. The van der Waals surface area contributed by atoms with Crippen LogP contribution in [0.15, 0.2) is 48.5 Å². The van der Waals surface area contributed by atoms with Crippen LogP contribution in [0.2, 0.25) is 0 Å². The smallest absolute Gasteiger partial charge is 0.416 e. The first-order valence-electron chi connectivity index (χ1n) is 13.5. The number of hydrogen-bond donors (Lipinski definition) is 2. The van der Waals surface area contributed by atoms with Crippen LogP contribution >= 0.6 is 0 Å². The predicted molar refractivity (Wildman–Crippen MR) is 145 cm³/mol. The Hall–Kier alpha value is -3.08. The summed E-state index contributed by atoms with van der Waals surface area (Å²) in [6, 6.07) is 10.7. The lowest BCUT2D eigenvalue weighted by molar-refractivity contribution is -0.140. The minimum absolute atomic E-state index is 0.167. The van der Waals surface area contributed by atoms with E-state index in [-0.39, 0.29) is 24.7 Å². The number of carbonyl (C=O) groups is 1. The summed E-state index contributed by atoms with van der Waals surface area (Å²) in [5.41, 5.74) is -0.249. The molecule has 0 aromatic heterocycles. The van der Waals surface area contributed by atoms with Crippen LogP contribution in [0, 0.1) is 0 Å². The Bertz CT molecular complexity index is 1170. The molecule has 1 amide bonds. The van der Waals surface area contributed by atoms with Gasteiger partial charge in [-0.05, 0) is 86.2 Å². The molecule has 0 aliphatic carbocycles. The number of methoxy groups -OCH3 is 2. The average molecular weight is 563 g/mol. The SMILES string of the molecule is COc1ccc(/C=C/C(=O)N2CCC(O)(C(O)CN3CCC(c4ccc(C(F)(F)F)cc4)CC3)CC2)cc1OC. The number of ether oxygens (including phenoxy) is 2. The second kappa shape index (κ2) is 12.6. The van der Waals surface area contributed by atoms with Crippen molar-refractivity contribution in [3.05, 3.63) is 65.2 Å². The van der Waals surface area contributed by atoms with Crippen molar-refractivity contribution in [1.82, 2.24) is 9.80 Å². The number of nitrogens with zero attached hydrogens (tertiary/aromatic N) is 2. The fourth-order valence-electron chi connectivity index (χ4n) is 5.48. The van der Waals surface area contributed by atoms with E-state index in [4.69, 9.17) is 9.47 Å². The van der Waals surface area contributed by atoms with E-state index in [1.54, 1.807) is 49.5 Å². The standard InChI is InChI=1S/C30H37F3N2O5/c1-39-25-9-3-21(19-26(25)40-2)4-10-28(37)35-17-13-29(38,14-18-35)27(36)20-34-15-11-23(12-16-34)22-5-7-24(8-6-22)30(31,32)33/h3-10,19,23,27,36,38H,11-18,20H2,1-2H3/b10-4+. The number of aliphatic hydroxyl groups excluding tert-OH is 1. The van der Waals surface area contributed by atoms with Crippen LogP contribution in [0.4, 0.5) is 13.2 Å². The lowest BCUT2D eigenvalue weighted by Gasteiger charge is -2.43. The van der Waals surface area contributed by atoms with E-state index in [0.717, 1.165) is 36.1 Å². The van der Waals surface area contributed by atoms with Crippen molar-refractivity contribution in [1.29, 1.82) is 0 Å². The highest BCUT2D eigenvalue weighted by Crippen LogP contribution is 2.34. The molecule has 218 valence electrons. The monoisotopic (exact) mass is 562 g/mol. The van der Waals surface area contributed by atoms with Gasteiger partial charge in [-0.15, -0.1) is 0 Å². The summed E-state index contributed by atoms with van der Waals surface area (Å²) in [5, 5.41) is 22.1. The number of aliphatic hydroxyl groups is 2. The van der Waals surface area contributed by atoms with Crippen LogP contribution in [-0.2, 0) is 11.0 Å². The minimum Gasteiger partial charge on any atom is -0.493 e. The fraction of sp³-hybridized carbons (Fsp3) is 0.500.